The molecule has 3 fully saturated rings. The highest BCUT2D eigenvalue weighted by molar-refractivity contribution is 6.12. The summed E-state index contributed by atoms with van der Waals surface area (Å²) in [6, 6.07) is 0. The van der Waals surface area contributed by atoms with Crippen molar-refractivity contribution in [2.45, 2.75) is 44.3 Å². The Morgan fingerprint density at radius 2 is 2.12 bits per heavy atom. The number of hydrogen-bond acceptors (Lipinski definition) is 2. The summed E-state index contributed by atoms with van der Waals surface area (Å²) in [5.74, 6) is 1.70. The van der Waals surface area contributed by atoms with Crippen LogP contribution in [0, 0.1) is 17.3 Å². The lowest BCUT2D eigenvalue weighted by Crippen LogP contribution is -2.47. The minimum absolute atomic E-state index is 0.350. The van der Waals surface area contributed by atoms with Gasteiger partial charge in [0.05, 0.1) is 25.9 Å². The van der Waals surface area contributed by atoms with Gasteiger partial charge in [0.25, 0.3) is 0 Å². The van der Waals surface area contributed by atoms with E-state index in [1.807, 2.05) is 0 Å². The molecule has 0 aromatic rings. The summed E-state index contributed by atoms with van der Waals surface area (Å²) in [6.45, 7) is 4.97. The molecule has 4 unspecified atom stereocenters. The van der Waals surface area contributed by atoms with E-state index in [0.717, 1.165) is 31.7 Å². The van der Waals surface area contributed by atoms with E-state index in [-0.39, 0.29) is 0 Å². The Bertz CT molecular complexity index is 259. The van der Waals surface area contributed by atoms with Crippen molar-refractivity contribution in [1.29, 1.82) is 0 Å². The molecule has 1 heterocycles. The molecule has 0 amide bonds. The van der Waals surface area contributed by atoms with Gasteiger partial charge in [-0.2, -0.15) is 0 Å². The van der Waals surface area contributed by atoms with Crippen LogP contribution in [0.5, 0.6) is 0 Å². The highest BCUT2D eigenvalue weighted by Gasteiger charge is 2.46. The van der Waals surface area contributed by atoms with E-state index in [0.29, 0.717) is 17.1 Å². The lowest BCUT2D eigenvalue weighted by Gasteiger charge is -2.42. The Labute approximate surface area is 101 Å². The van der Waals surface area contributed by atoms with Crippen LogP contribution in [-0.4, -0.2) is 36.2 Å². The highest BCUT2D eigenvalue weighted by Crippen LogP contribution is 2.51. The summed E-state index contributed by atoms with van der Waals surface area (Å²) >= 11 is 0. The third-order valence-corrected chi connectivity index (χ3v) is 5.59. The first-order valence-electron chi connectivity index (χ1n) is 6.63. The van der Waals surface area contributed by atoms with Gasteiger partial charge in [-0.1, -0.05) is 13.3 Å². The quantitative estimate of drug-likeness (QED) is 0.698. The van der Waals surface area contributed by atoms with Crippen LogP contribution in [0.2, 0.25) is 5.54 Å². The zero-order valence-electron chi connectivity index (χ0n) is 10.1. The molecule has 1 aliphatic heterocycles. The molecule has 89 valence electrons. The molecule has 3 rings (SSSR count). The molecule has 4 atom stereocenters. The zero-order chi connectivity index (χ0) is 11.2. The minimum atomic E-state index is 0.350. The normalized spacial score (nSPS) is 44.6. The van der Waals surface area contributed by atoms with Gasteiger partial charge in [-0.3, -0.25) is 0 Å². The first-order valence-corrected chi connectivity index (χ1v) is 7.21. The van der Waals surface area contributed by atoms with Crippen LogP contribution in [0.1, 0.15) is 32.6 Å². The topological polar surface area (TPSA) is 18.5 Å². The second-order valence-corrected chi connectivity index (χ2v) is 6.78. The molecule has 16 heavy (non-hydrogen) atoms. The Hall–Kier alpha value is 0.137. The van der Waals surface area contributed by atoms with Gasteiger partial charge in [0.15, 0.2) is 0 Å². The molecule has 2 aliphatic carbocycles. The van der Waals surface area contributed by atoms with Crippen LogP contribution in [0.4, 0.5) is 0 Å². The lowest BCUT2D eigenvalue weighted by molar-refractivity contribution is -0.164. The summed E-state index contributed by atoms with van der Waals surface area (Å²) < 4.78 is 11.5. The van der Waals surface area contributed by atoms with Gasteiger partial charge in [0, 0.05) is 15.7 Å². The largest absolute Gasteiger partial charge is 0.380 e. The predicted octanol–water partition coefficient (Wildman–Crippen LogP) is 2.19. The van der Waals surface area contributed by atoms with Gasteiger partial charge in [0.2, 0.25) is 0 Å². The van der Waals surface area contributed by atoms with Crippen molar-refractivity contribution in [2.24, 2.45) is 17.3 Å². The van der Waals surface area contributed by atoms with E-state index < -0.39 is 0 Å². The van der Waals surface area contributed by atoms with Crippen molar-refractivity contribution in [2.75, 3.05) is 19.8 Å². The molecule has 3 heteroatoms. The van der Waals surface area contributed by atoms with Crippen molar-refractivity contribution in [3.05, 3.63) is 0 Å². The van der Waals surface area contributed by atoms with Gasteiger partial charge < -0.3 is 9.47 Å². The van der Waals surface area contributed by atoms with Crippen LogP contribution in [0.25, 0.3) is 0 Å². The SMILES string of the molecule is CCC1(COC2CC3CC([Si])C2C3)COC1. The molecule has 0 N–H and O–H groups in total. The molecule has 0 spiro atoms. The zero-order valence-corrected chi connectivity index (χ0v) is 11.1. The Kier molecular flexibility index (Phi) is 2.89. The number of fused-ring (bicyclic) bond motifs is 2. The maximum absolute atomic E-state index is 6.19. The third-order valence-electron chi connectivity index (χ3n) is 4.92. The van der Waals surface area contributed by atoms with Crippen molar-refractivity contribution in [3.8, 4) is 0 Å². The van der Waals surface area contributed by atoms with Gasteiger partial charge in [-0.25, -0.2) is 0 Å². The number of rotatable bonds is 4. The van der Waals surface area contributed by atoms with Crippen molar-refractivity contribution in [1.82, 2.24) is 0 Å². The van der Waals surface area contributed by atoms with E-state index in [1.54, 1.807) is 0 Å². The molecular formula is C13H21O2Si. The fourth-order valence-electron chi connectivity index (χ4n) is 3.54. The molecule has 1 saturated heterocycles. The average Bonchev–Trinajstić information content (AvgIpc) is 2.75. The van der Waals surface area contributed by atoms with Crippen LogP contribution in [-0.2, 0) is 9.47 Å². The second kappa shape index (κ2) is 4.11. The smallest absolute Gasteiger partial charge is 0.0606 e. The summed E-state index contributed by atoms with van der Waals surface area (Å²) in [4.78, 5) is 0. The molecule has 0 aromatic heterocycles. The van der Waals surface area contributed by atoms with E-state index in [4.69, 9.17) is 9.47 Å². The lowest BCUT2D eigenvalue weighted by atomic mass is 9.84. The maximum Gasteiger partial charge on any atom is 0.0606 e. The predicted molar refractivity (Wildman–Crippen MR) is 63.6 cm³/mol. The number of ether oxygens (including phenoxy) is 2. The van der Waals surface area contributed by atoms with Gasteiger partial charge in [0.1, 0.15) is 0 Å². The van der Waals surface area contributed by atoms with E-state index in [2.05, 4.69) is 17.2 Å². The molecule has 3 aliphatic rings. The molecular weight excluding hydrogens is 216 g/mol. The number of hydrogen-bond donors (Lipinski definition) is 0. The standard InChI is InChI=1S/C13H21O2Si/c1-2-13(6-14-7-13)8-15-11-4-9-3-10(11)12(16)5-9/h9-12H,2-8H2,1H3. The van der Waals surface area contributed by atoms with Gasteiger partial charge in [-0.15, -0.1) is 0 Å². The molecule has 0 aromatic carbocycles. The summed E-state index contributed by atoms with van der Waals surface area (Å²) in [5.41, 5.74) is 1.06. The van der Waals surface area contributed by atoms with E-state index in [1.165, 1.54) is 25.7 Å². The third kappa shape index (κ3) is 1.77. The first kappa shape index (κ1) is 11.2. The Morgan fingerprint density at radius 3 is 2.62 bits per heavy atom. The fourth-order valence-corrected chi connectivity index (χ4v) is 4.23. The van der Waals surface area contributed by atoms with Crippen LogP contribution >= 0.6 is 0 Å². The molecule has 3 radical (unpaired) electrons. The average molecular weight is 237 g/mol. The van der Waals surface area contributed by atoms with Gasteiger partial charge in [-0.05, 0) is 36.6 Å². The molecule has 2 bridgehead atoms. The molecule has 2 saturated carbocycles. The van der Waals surface area contributed by atoms with Crippen molar-refractivity contribution in [3.63, 3.8) is 0 Å². The van der Waals surface area contributed by atoms with Crippen molar-refractivity contribution >= 4 is 10.2 Å². The molecule has 2 nitrogen and oxygen atoms in total. The minimum Gasteiger partial charge on any atom is -0.380 e. The highest BCUT2D eigenvalue weighted by atomic mass is 28.1. The van der Waals surface area contributed by atoms with Gasteiger partial charge >= 0.3 is 0 Å². The summed E-state index contributed by atoms with van der Waals surface area (Å²) in [7, 11) is 3.85. The fraction of sp³-hybridized carbons (Fsp3) is 1.00. The maximum atomic E-state index is 6.19. The van der Waals surface area contributed by atoms with E-state index >= 15 is 0 Å². The van der Waals surface area contributed by atoms with E-state index in [9.17, 15) is 0 Å². The second-order valence-electron chi connectivity index (χ2n) is 6.04. The summed E-state index contributed by atoms with van der Waals surface area (Å²) in [6.07, 6.45) is 5.75. The summed E-state index contributed by atoms with van der Waals surface area (Å²) in [5, 5.41) is 0. The van der Waals surface area contributed by atoms with Crippen LogP contribution in [0.15, 0.2) is 0 Å². The first-order chi connectivity index (χ1) is 7.72. The van der Waals surface area contributed by atoms with Crippen LogP contribution < -0.4 is 0 Å². The Balaban J connectivity index is 1.52. The monoisotopic (exact) mass is 237 g/mol. The Morgan fingerprint density at radius 1 is 1.31 bits per heavy atom. The van der Waals surface area contributed by atoms with Crippen molar-refractivity contribution < 1.29 is 9.47 Å². The van der Waals surface area contributed by atoms with Crippen LogP contribution in [0.3, 0.4) is 0 Å².